The Hall–Kier alpha value is -0.570. The topological polar surface area (TPSA) is 29.3 Å². The van der Waals surface area contributed by atoms with Crippen molar-refractivity contribution in [3.8, 4) is 0 Å². The van der Waals surface area contributed by atoms with Crippen LogP contribution in [0.5, 0.6) is 0 Å². The number of nitrogens with zero attached hydrogens (tertiary/aromatic N) is 1. The fourth-order valence-electron chi connectivity index (χ4n) is 2.71. The molecule has 1 fully saturated rings. The zero-order chi connectivity index (χ0) is 12.3. The van der Waals surface area contributed by atoms with Gasteiger partial charge < -0.3 is 10.6 Å². The number of rotatable bonds is 3. The maximum atomic E-state index is 6.04. The molecular weight excluding hydrogens is 232 g/mol. The molecule has 1 aromatic carbocycles. The van der Waals surface area contributed by atoms with Crippen LogP contribution in [0.15, 0.2) is 24.3 Å². The number of piperidine rings is 1. The molecule has 0 unspecified atom stereocenters. The quantitative estimate of drug-likeness (QED) is 0.896. The van der Waals surface area contributed by atoms with Gasteiger partial charge in [0.1, 0.15) is 0 Å². The molecule has 1 aromatic rings. The molecule has 0 atom stereocenters. The van der Waals surface area contributed by atoms with E-state index in [4.69, 9.17) is 17.3 Å². The second-order valence-electron chi connectivity index (χ2n) is 4.93. The molecule has 2 nitrogen and oxygen atoms in total. The van der Waals surface area contributed by atoms with Crippen LogP contribution in [-0.2, 0) is 5.41 Å². The SMILES string of the molecule is CCN1CCC(CN)(c2ccc(Cl)cc2)CC1. The van der Waals surface area contributed by atoms with Crippen molar-refractivity contribution in [1.82, 2.24) is 4.90 Å². The number of halogens is 1. The molecule has 94 valence electrons. The van der Waals surface area contributed by atoms with Gasteiger partial charge in [-0.15, -0.1) is 0 Å². The van der Waals surface area contributed by atoms with Gasteiger partial charge in [0.05, 0.1) is 0 Å². The van der Waals surface area contributed by atoms with Crippen molar-refractivity contribution in [1.29, 1.82) is 0 Å². The third kappa shape index (κ3) is 2.65. The molecule has 0 aliphatic carbocycles. The molecule has 1 aliphatic heterocycles. The highest BCUT2D eigenvalue weighted by Crippen LogP contribution is 2.35. The number of benzene rings is 1. The van der Waals surface area contributed by atoms with Crippen LogP contribution in [0, 0.1) is 0 Å². The minimum atomic E-state index is 0.163. The fourth-order valence-corrected chi connectivity index (χ4v) is 2.84. The molecule has 0 spiro atoms. The van der Waals surface area contributed by atoms with Gasteiger partial charge in [-0.3, -0.25) is 0 Å². The van der Waals surface area contributed by atoms with E-state index in [0.717, 1.165) is 44.0 Å². The fraction of sp³-hybridized carbons (Fsp3) is 0.571. The van der Waals surface area contributed by atoms with E-state index in [-0.39, 0.29) is 5.41 Å². The molecule has 0 bridgehead atoms. The van der Waals surface area contributed by atoms with E-state index in [2.05, 4.69) is 24.0 Å². The first kappa shape index (κ1) is 12.9. The van der Waals surface area contributed by atoms with Crippen molar-refractivity contribution >= 4 is 11.6 Å². The molecule has 3 heteroatoms. The van der Waals surface area contributed by atoms with Crippen LogP contribution in [0.1, 0.15) is 25.3 Å². The molecule has 0 radical (unpaired) electrons. The third-order valence-electron chi connectivity index (χ3n) is 4.11. The van der Waals surface area contributed by atoms with Crippen LogP contribution in [0.3, 0.4) is 0 Å². The molecule has 2 N–H and O–H groups in total. The first-order chi connectivity index (χ1) is 8.20. The predicted octanol–water partition coefficient (Wildman–Crippen LogP) is 2.65. The summed E-state index contributed by atoms with van der Waals surface area (Å²) in [6, 6.07) is 8.22. The molecule has 1 heterocycles. The smallest absolute Gasteiger partial charge is 0.0406 e. The summed E-state index contributed by atoms with van der Waals surface area (Å²) >= 11 is 5.95. The first-order valence-corrected chi connectivity index (χ1v) is 6.76. The summed E-state index contributed by atoms with van der Waals surface area (Å²) in [6.07, 6.45) is 2.30. The van der Waals surface area contributed by atoms with Gasteiger partial charge in [0, 0.05) is 17.0 Å². The summed E-state index contributed by atoms with van der Waals surface area (Å²) in [7, 11) is 0. The minimum absolute atomic E-state index is 0.163. The van der Waals surface area contributed by atoms with Crippen LogP contribution in [-0.4, -0.2) is 31.1 Å². The molecule has 17 heavy (non-hydrogen) atoms. The van der Waals surface area contributed by atoms with Gasteiger partial charge >= 0.3 is 0 Å². The lowest BCUT2D eigenvalue weighted by molar-refractivity contribution is 0.169. The highest BCUT2D eigenvalue weighted by Gasteiger charge is 2.34. The maximum absolute atomic E-state index is 6.04. The molecule has 0 saturated carbocycles. The lowest BCUT2D eigenvalue weighted by atomic mass is 9.73. The van der Waals surface area contributed by atoms with E-state index in [1.54, 1.807) is 0 Å². The lowest BCUT2D eigenvalue weighted by Crippen LogP contribution is -2.46. The number of likely N-dealkylation sites (tertiary alicyclic amines) is 1. The molecule has 1 aliphatic rings. The Morgan fingerprint density at radius 1 is 1.24 bits per heavy atom. The summed E-state index contributed by atoms with van der Waals surface area (Å²) in [5.41, 5.74) is 7.55. The van der Waals surface area contributed by atoms with Gasteiger partial charge in [0.15, 0.2) is 0 Å². The average molecular weight is 253 g/mol. The Kier molecular flexibility index (Phi) is 4.08. The van der Waals surface area contributed by atoms with Crippen molar-refractivity contribution < 1.29 is 0 Å². The second-order valence-corrected chi connectivity index (χ2v) is 5.36. The van der Waals surface area contributed by atoms with E-state index in [9.17, 15) is 0 Å². The van der Waals surface area contributed by atoms with Crippen LogP contribution in [0.25, 0.3) is 0 Å². The standard InChI is InChI=1S/C14H21ClN2/c1-2-17-9-7-14(11-16,8-10-17)12-3-5-13(15)6-4-12/h3-6H,2,7-11,16H2,1H3. The monoisotopic (exact) mass is 252 g/mol. The number of nitrogens with two attached hydrogens (primary N) is 1. The van der Waals surface area contributed by atoms with Crippen molar-refractivity contribution in [3.63, 3.8) is 0 Å². The Morgan fingerprint density at radius 2 is 1.82 bits per heavy atom. The second kappa shape index (κ2) is 5.38. The van der Waals surface area contributed by atoms with E-state index in [1.165, 1.54) is 5.56 Å². The molecule has 0 amide bonds. The normalized spacial score (nSPS) is 20.4. The number of hydrogen-bond donors (Lipinski definition) is 1. The summed E-state index contributed by atoms with van der Waals surface area (Å²) in [5, 5.41) is 0.798. The molecule has 0 aromatic heterocycles. The predicted molar refractivity (Wildman–Crippen MR) is 73.5 cm³/mol. The van der Waals surface area contributed by atoms with Crippen molar-refractivity contribution in [2.75, 3.05) is 26.2 Å². The van der Waals surface area contributed by atoms with Crippen molar-refractivity contribution in [3.05, 3.63) is 34.9 Å². The van der Waals surface area contributed by atoms with E-state index in [0.29, 0.717) is 0 Å². The number of hydrogen-bond acceptors (Lipinski definition) is 2. The zero-order valence-corrected chi connectivity index (χ0v) is 11.2. The average Bonchev–Trinajstić information content (AvgIpc) is 2.40. The van der Waals surface area contributed by atoms with Crippen LogP contribution in [0.2, 0.25) is 5.02 Å². The van der Waals surface area contributed by atoms with Crippen molar-refractivity contribution in [2.45, 2.75) is 25.2 Å². The Morgan fingerprint density at radius 3 is 2.29 bits per heavy atom. The molecule has 1 saturated heterocycles. The van der Waals surface area contributed by atoms with Gasteiger partial charge in [-0.05, 0) is 50.2 Å². The summed E-state index contributed by atoms with van der Waals surface area (Å²) < 4.78 is 0. The van der Waals surface area contributed by atoms with Crippen LogP contribution < -0.4 is 5.73 Å². The van der Waals surface area contributed by atoms with Gasteiger partial charge in [-0.2, -0.15) is 0 Å². The van der Waals surface area contributed by atoms with Crippen LogP contribution >= 0.6 is 11.6 Å². The zero-order valence-electron chi connectivity index (χ0n) is 10.5. The third-order valence-corrected chi connectivity index (χ3v) is 4.36. The first-order valence-electron chi connectivity index (χ1n) is 6.39. The van der Waals surface area contributed by atoms with E-state index < -0.39 is 0 Å². The van der Waals surface area contributed by atoms with E-state index in [1.807, 2.05) is 12.1 Å². The largest absolute Gasteiger partial charge is 0.330 e. The Balaban J connectivity index is 2.18. The van der Waals surface area contributed by atoms with Gasteiger partial charge in [0.2, 0.25) is 0 Å². The van der Waals surface area contributed by atoms with Gasteiger partial charge in [0.25, 0.3) is 0 Å². The summed E-state index contributed by atoms with van der Waals surface area (Å²) in [6.45, 7) is 6.39. The summed E-state index contributed by atoms with van der Waals surface area (Å²) in [4.78, 5) is 2.49. The maximum Gasteiger partial charge on any atom is 0.0406 e. The molecular formula is C14H21ClN2. The van der Waals surface area contributed by atoms with Crippen molar-refractivity contribution in [2.24, 2.45) is 5.73 Å². The Bertz CT molecular complexity index is 353. The lowest BCUT2D eigenvalue weighted by Gasteiger charge is -2.41. The summed E-state index contributed by atoms with van der Waals surface area (Å²) in [5.74, 6) is 0. The van der Waals surface area contributed by atoms with Gasteiger partial charge in [-0.25, -0.2) is 0 Å². The minimum Gasteiger partial charge on any atom is -0.330 e. The van der Waals surface area contributed by atoms with Crippen LogP contribution in [0.4, 0.5) is 0 Å². The highest BCUT2D eigenvalue weighted by molar-refractivity contribution is 6.30. The highest BCUT2D eigenvalue weighted by atomic mass is 35.5. The van der Waals surface area contributed by atoms with E-state index >= 15 is 0 Å². The van der Waals surface area contributed by atoms with Gasteiger partial charge in [-0.1, -0.05) is 30.7 Å². The Labute approximate surface area is 109 Å². The molecule has 2 rings (SSSR count).